The zero-order valence-electron chi connectivity index (χ0n) is 13.0. The minimum absolute atomic E-state index is 0.353. The number of halogens is 2. The van der Waals surface area contributed by atoms with Crippen molar-refractivity contribution >= 4 is 11.8 Å². The summed E-state index contributed by atoms with van der Waals surface area (Å²) in [6.07, 6.45) is 3.46. The zero-order chi connectivity index (χ0) is 15.4. The normalized spacial score (nSPS) is 26.3. The Kier molecular flexibility index (Phi) is 6.06. The molecule has 0 aromatic heterocycles. The molecule has 1 saturated carbocycles. The van der Waals surface area contributed by atoms with Crippen LogP contribution < -0.4 is 5.32 Å². The highest BCUT2D eigenvalue weighted by atomic mass is 32.2. The molecule has 0 radical (unpaired) electrons. The summed E-state index contributed by atoms with van der Waals surface area (Å²) in [7, 11) is 0. The molecule has 0 amide bonds. The molecule has 3 atom stereocenters. The fraction of sp³-hybridized carbons (Fsp3) is 0.647. The van der Waals surface area contributed by atoms with Crippen LogP contribution in [0.5, 0.6) is 0 Å². The minimum Gasteiger partial charge on any atom is -0.313 e. The average Bonchev–Trinajstić information content (AvgIpc) is 2.43. The first-order valence-corrected chi connectivity index (χ1v) is 8.74. The van der Waals surface area contributed by atoms with Crippen LogP contribution in [-0.4, -0.2) is 17.8 Å². The SMILES string of the molecule is CCNC1CCC(C(C)C)CC1Sc1ccc(F)cc1F. The molecule has 2 rings (SSSR count). The smallest absolute Gasteiger partial charge is 0.139 e. The molecule has 1 fully saturated rings. The van der Waals surface area contributed by atoms with E-state index >= 15 is 0 Å². The van der Waals surface area contributed by atoms with E-state index in [4.69, 9.17) is 0 Å². The molecule has 0 spiro atoms. The van der Waals surface area contributed by atoms with Crippen LogP contribution in [0.3, 0.4) is 0 Å². The van der Waals surface area contributed by atoms with E-state index in [1.165, 1.54) is 12.5 Å². The van der Waals surface area contributed by atoms with Crippen LogP contribution in [-0.2, 0) is 0 Å². The standard InChI is InChI=1S/C17H25F2NS/c1-4-20-15-7-5-12(11(2)3)9-17(15)21-16-8-6-13(18)10-14(16)19/h6,8,10-12,15,17,20H,4-5,7,9H2,1-3H3. The number of hydrogen-bond donors (Lipinski definition) is 1. The number of thioether (sulfide) groups is 1. The van der Waals surface area contributed by atoms with Crippen molar-refractivity contribution in [1.82, 2.24) is 5.32 Å². The van der Waals surface area contributed by atoms with Crippen LogP contribution in [0.1, 0.15) is 40.0 Å². The third-order valence-corrected chi connectivity index (χ3v) is 5.82. The predicted octanol–water partition coefficient (Wildman–Crippen LogP) is 4.86. The van der Waals surface area contributed by atoms with Crippen molar-refractivity contribution in [2.75, 3.05) is 6.54 Å². The number of rotatable bonds is 5. The van der Waals surface area contributed by atoms with E-state index in [9.17, 15) is 8.78 Å². The molecule has 1 aromatic carbocycles. The van der Waals surface area contributed by atoms with Gasteiger partial charge in [0.2, 0.25) is 0 Å². The molecule has 118 valence electrons. The lowest BCUT2D eigenvalue weighted by Gasteiger charge is -2.38. The zero-order valence-corrected chi connectivity index (χ0v) is 13.9. The summed E-state index contributed by atoms with van der Waals surface area (Å²) >= 11 is 1.56. The highest BCUT2D eigenvalue weighted by molar-refractivity contribution is 8.00. The Labute approximate surface area is 130 Å². The second kappa shape index (κ2) is 7.59. The van der Waals surface area contributed by atoms with Crippen molar-refractivity contribution < 1.29 is 8.78 Å². The van der Waals surface area contributed by atoms with Crippen molar-refractivity contribution in [2.24, 2.45) is 11.8 Å². The molecule has 1 aliphatic carbocycles. The maximum atomic E-state index is 13.9. The summed E-state index contributed by atoms with van der Waals surface area (Å²) in [4.78, 5) is 0.564. The number of nitrogens with one attached hydrogen (secondary N) is 1. The molecule has 21 heavy (non-hydrogen) atoms. The van der Waals surface area contributed by atoms with Gasteiger partial charge in [0.1, 0.15) is 11.6 Å². The lowest BCUT2D eigenvalue weighted by atomic mass is 9.79. The van der Waals surface area contributed by atoms with E-state index in [-0.39, 0.29) is 0 Å². The lowest BCUT2D eigenvalue weighted by molar-refractivity contribution is 0.247. The molecule has 0 bridgehead atoms. The van der Waals surface area contributed by atoms with E-state index < -0.39 is 11.6 Å². The van der Waals surface area contributed by atoms with Crippen LogP contribution in [0.15, 0.2) is 23.1 Å². The average molecular weight is 313 g/mol. The first-order chi connectivity index (χ1) is 10.0. The van der Waals surface area contributed by atoms with Crippen molar-refractivity contribution in [3.8, 4) is 0 Å². The van der Waals surface area contributed by atoms with Gasteiger partial charge < -0.3 is 5.32 Å². The first-order valence-electron chi connectivity index (χ1n) is 7.86. The Morgan fingerprint density at radius 1 is 1.29 bits per heavy atom. The van der Waals surface area contributed by atoms with Crippen LogP contribution in [0.2, 0.25) is 0 Å². The molecule has 3 unspecified atom stereocenters. The summed E-state index contributed by atoms with van der Waals surface area (Å²) in [5.41, 5.74) is 0. The third kappa shape index (κ3) is 4.43. The largest absolute Gasteiger partial charge is 0.313 e. The summed E-state index contributed by atoms with van der Waals surface area (Å²) in [6, 6.07) is 4.31. The molecule has 0 aliphatic heterocycles. The molecule has 1 N–H and O–H groups in total. The van der Waals surface area contributed by atoms with Gasteiger partial charge in [0, 0.05) is 22.3 Å². The molecule has 1 aromatic rings. The third-order valence-electron chi connectivity index (χ3n) is 4.41. The van der Waals surface area contributed by atoms with Gasteiger partial charge in [-0.2, -0.15) is 0 Å². The van der Waals surface area contributed by atoms with E-state index in [0.717, 1.165) is 25.5 Å². The van der Waals surface area contributed by atoms with Gasteiger partial charge in [-0.15, -0.1) is 11.8 Å². The molecule has 4 heteroatoms. The Bertz CT molecular complexity index is 464. The maximum Gasteiger partial charge on any atom is 0.139 e. The van der Waals surface area contributed by atoms with Gasteiger partial charge in [0.25, 0.3) is 0 Å². The van der Waals surface area contributed by atoms with Gasteiger partial charge in [0.15, 0.2) is 0 Å². The van der Waals surface area contributed by atoms with E-state index in [1.807, 2.05) is 0 Å². The first kappa shape index (κ1) is 16.8. The van der Waals surface area contributed by atoms with Crippen molar-refractivity contribution in [2.45, 2.75) is 56.2 Å². The Morgan fingerprint density at radius 3 is 2.67 bits per heavy atom. The molecule has 1 nitrogen and oxygen atoms in total. The minimum atomic E-state index is -0.510. The van der Waals surface area contributed by atoms with Gasteiger partial charge in [-0.05, 0) is 49.8 Å². The van der Waals surface area contributed by atoms with Crippen LogP contribution >= 0.6 is 11.8 Å². The van der Waals surface area contributed by atoms with Crippen molar-refractivity contribution in [3.05, 3.63) is 29.8 Å². The Balaban J connectivity index is 2.11. The Morgan fingerprint density at radius 2 is 2.05 bits per heavy atom. The predicted molar refractivity (Wildman–Crippen MR) is 85.6 cm³/mol. The lowest BCUT2D eigenvalue weighted by Crippen LogP contribution is -2.43. The fourth-order valence-electron chi connectivity index (χ4n) is 3.13. The molecular formula is C17H25F2NS. The summed E-state index contributed by atoms with van der Waals surface area (Å²) in [5.74, 6) is 0.403. The molecule has 0 saturated heterocycles. The molecule has 0 heterocycles. The monoisotopic (exact) mass is 313 g/mol. The maximum absolute atomic E-state index is 13.9. The van der Waals surface area contributed by atoms with Crippen LogP contribution in [0.4, 0.5) is 8.78 Å². The second-order valence-electron chi connectivity index (χ2n) is 6.21. The van der Waals surface area contributed by atoms with Gasteiger partial charge >= 0.3 is 0 Å². The highest BCUT2D eigenvalue weighted by Gasteiger charge is 2.32. The summed E-state index contributed by atoms with van der Waals surface area (Å²) in [5, 5.41) is 3.88. The second-order valence-corrected chi connectivity index (χ2v) is 7.49. The highest BCUT2D eigenvalue weighted by Crippen LogP contribution is 2.39. The van der Waals surface area contributed by atoms with Crippen LogP contribution in [0.25, 0.3) is 0 Å². The summed E-state index contributed by atoms with van der Waals surface area (Å²) < 4.78 is 26.9. The fourth-order valence-corrected chi connectivity index (χ4v) is 4.51. The van der Waals surface area contributed by atoms with Crippen molar-refractivity contribution in [1.29, 1.82) is 0 Å². The Hall–Kier alpha value is -0.610. The van der Waals surface area contributed by atoms with E-state index in [1.54, 1.807) is 17.8 Å². The van der Waals surface area contributed by atoms with E-state index in [2.05, 4.69) is 26.1 Å². The van der Waals surface area contributed by atoms with Crippen molar-refractivity contribution in [3.63, 3.8) is 0 Å². The topological polar surface area (TPSA) is 12.0 Å². The van der Waals surface area contributed by atoms with Crippen LogP contribution in [0, 0.1) is 23.5 Å². The number of hydrogen-bond acceptors (Lipinski definition) is 2. The van der Waals surface area contributed by atoms with E-state index in [0.29, 0.717) is 28.0 Å². The quantitative estimate of drug-likeness (QED) is 0.833. The van der Waals surface area contributed by atoms with Gasteiger partial charge in [-0.25, -0.2) is 8.78 Å². The van der Waals surface area contributed by atoms with Gasteiger partial charge in [0.05, 0.1) is 0 Å². The summed E-state index contributed by atoms with van der Waals surface area (Å²) in [6.45, 7) is 7.56. The van der Waals surface area contributed by atoms with Gasteiger partial charge in [-0.1, -0.05) is 20.8 Å². The molecule has 1 aliphatic rings. The molecular weight excluding hydrogens is 288 g/mol. The van der Waals surface area contributed by atoms with Gasteiger partial charge in [-0.3, -0.25) is 0 Å². The number of benzene rings is 1.